The number of benzene rings is 1. The van der Waals surface area contributed by atoms with E-state index in [2.05, 4.69) is 10.1 Å². The molecule has 0 spiro atoms. The van der Waals surface area contributed by atoms with Crippen LogP contribution in [0.25, 0.3) is 28.0 Å². The van der Waals surface area contributed by atoms with Crippen molar-refractivity contribution in [2.45, 2.75) is 48.6 Å². The summed E-state index contributed by atoms with van der Waals surface area (Å²) in [5.41, 5.74) is 14.3. The topological polar surface area (TPSA) is 150 Å². The standard InChI is InChI=1S/C26H25F2N7O3S/c1-39(37,38)23-22(14-8-16-4-5-17(9-14)34(16)26(30)36)33-25-19(12-32-35(25)24(23)29)13-2-7-21(31-11-13)18-6-3-15(27)10-20(18)28/h2-3,6-7,10-12,14,16-17H,4-5,8-9,29H2,1H3,(H2,30,36)/t14-,16+,17-. The Morgan fingerprint density at radius 3 is 2.36 bits per heavy atom. The van der Waals surface area contributed by atoms with Gasteiger partial charge in [-0.15, -0.1) is 0 Å². The number of hydrogen-bond donors (Lipinski definition) is 2. The lowest BCUT2D eigenvalue weighted by molar-refractivity contribution is 0.144. The van der Waals surface area contributed by atoms with Crippen LogP contribution in [-0.4, -0.2) is 57.3 Å². The third-order valence-electron chi connectivity index (χ3n) is 7.69. The number of piperidine rings is 1. The van der Waals surface area contributed by atoms with Crippen molar-refractivity contribution in [3.05, 3.63) is 60.1 Å². The molecule has 13 heteroatoms. The van der Waals surface area contributed by atoms with Gasteiger partial charge in [-0.3, -0.25) is 4.98 Å². The van der Waals surface area contributed by atoms with Crippen molar-refractivity contribution in [3.63, 3.8) is 0 Å². The molecular formula is C26H25F2N7O3S. The number of primary amides is 1. The number of sulfone groups is 1. The van der Waals surface area contributed by atoms with Crippen molar-refractivity contribution in [2.75, 3.05) is 12.0 Å². The van der Waals surface area contributed by atoms with Crippen LogP contribution in [-0.2, 0) is 9.84 Å². The van der Waals surface area contributed by atoms with E-state index < -0.39 is 27.5 Å². The van der Waals surface area contributed by atoms with E-state index in [1.165, 1.54) is 23.0 Å². The van der Waals surface area contributed by atoms with Crippen LogP contribution in [0.3, 0.4) is 0 Å². The van der Waals surface area contributed by atoms with Gasteiger partial charge >= 0.3 is 6.03 Å². The Balaban J connectivity index is 1.44. The monoisotopic (exact) mass is 553 g/mol. The van der Waals surface area contributed by atoms with E-state index in [9.17, 15) is 22.0 Å². The zero-order valence-electron chi connectivity index (χ0n) is 20.9. The summed E-state index contributed by atoms with van der Waals surface area (Å²) in [5.74, 6) is -1.71. The van der Waals surface area contributed by atoms with E-state index in [1.807, 2.05) is 0 Å². The number of amides is 2. The van der Waals surface area contributed by atoms with E-state index >= 15 is 0 Å². The van der Waals surface area contributed by atoms with Crippen LogP contribution in [0, 0.1) is 11.6 Å². The number of pyridine rings is 1. The number of anilines is 1. The van der Waals surface area contributed by atoms with Gasteiger partial charge in [0, 0.05) is 53.2 Å². The van der Waals surface area contributed by atoms with Crippen molar-refractivity contribution >= 4 is 27.3 Å². The lowest BCUT2D eigenvalue weighted by atomic mass is 9.88. The fraction of sp³-hybridized carbons (Fsp3) is 0.308. The Kier molecular flexibility index (Phi) is 5.79. The molecule has 202 valence electrons. The number of carbonyl (C=O) groups excluding carboxylic acids is 1. The smallest absolute Gasteiger partial charge is 0.315 e. The summed E-state index contributed by atoms with van der Waals surface area (Å²) in [6, 6.07) is 5.92. The number of urea groups is 1. The molecule has 2 bridgehead atoms. The minimum atomic E-state index is -3.78. The maximum Gasteiger partial charge on any atom is 0.315 e. The summed E-state index contributed by atoms with van der Waals surface area (Å²) in [7, 11) is -3.78. The Labute approximate surface area is 222 Å². The number of rotatable bonds is 4. The molecule has 0 radical (unpaired) electrons. The predicted octanol–water partition coefficient (Wildman–Crippen LogP) is 3.51. The largest absolute Gasteiger partial charge is 0.382 e. The summed E-state index contributed by atoms with van der Waals surface area (Å²) in [4.78, 5) is 22.8. The lowest BCUT2D eigenvalue weighted by Gasteiger charge is -2.38. The minimum Gasteiger partial charge on any atom is -0.382 e. The van der Waals surface area contributed by atoms with Crippen LogP contribution >= 0.6 is 0 Å². The third-order valence-corrected chi connectivity index (χ3v) is 8.85. The molecule has 5 heterocycles. The predicted molar refractivity (Wildman–Crippen MR) is 139 cm³/mol. The molecular weight excluding hydrogens is 528 g/mol. The summed E-state index contributed by atoms with van der Waals surface area (Å²) in [5, 5.41) is 4.30. The average Bonchev–Trinajstić information content (AvgIpc) is 3.42. The van der Waals surface area contributed by atoms with Gasteiger partial charge in [0.05, 0.1) is 17.6 Å². The molecule has 0 saturated carbocycles. The van der Waals surface area contributed by atoms with Crippen LogP contribution < -0.4 is 11.5 Å². The normalized spacial score (nSPS) is 21.0. The van der Waals surface area contributed by atoms with Crippen LogP contribution in [0.15, 0.2) is 47.6 Å². The summed E-state index contributed by atoms with van der Waals surface area (Å²) in [6.07, 6.45) is 6.75. The number of nitrogens with zero attached hydrogens (tertiary/aromatic N) is 5. The molecule has 2 amide bonds. The van der Waals surface area contributed by atoms with Gasteiger partial charge in [0.15, 0.2) is 15.5 Å². The quantitative estimate of drug-likeness (QED) is 0.393. The second kappa shape index (κ2) is 8.97. The highest BCUT2D eigenvalue weighted by molar-refractivity contribution is 7.91. The number of carbonyl (C=O) groups is 1. The number of aromatic nitrogens is 4. The molecule has 2 fully saturated rings. The second-order valence-electron chi connectivity index (χ2n) is 10.1. The van der Waals surface area contributed by atoms with E-state index in [-0.39, 0.29) is 34.3 Å². The first-order chi connectivity index (χ1) is 18.5. The Bertz CT molecular complexity index is 1730. The van der Waals surface area contributed by atoms with Gasteiger partial charge in [-0.25, -0.2) is 27.0 Å². The van der Waals surface area contributed by atoms with Crippen molar-refractivity contribution in [3.8, 4) is 22.4 Å². The Morgan fingerprint density at radius 2 is 1.77 bits per heavy atom. The van der Waals surface area contributed by atoms with Gasteiger partial charge in [-0.1, -0.05) is 6.07 Å². The maximum atomic E-state index is 14.3. The van der Waals surface area contributed by atoms with E-state index in [0.29, 0.717) is 41.0 Å². The van der Waals surface area contributed by atoms with Crippen molar-refractivity contribution in [1.29, 1.82) is 0 Å². The first-order valence-electron chi connectivity index (χ1n) is 12.4. The highest BCUT2D eigenvalue weighted by atomic mass is 32.2. The number of hydrogen-bond acceptors (Lipinski definition) is 7. The number of halogens is 2. The second-order valence-corrected chi connectivity index (χ2v) is 12.1. The molecule has 39 heavy (non-hydrogen) atoms. The molecule has 2 aliphatic heterocycles. The average molecular weight is 554 g/mol. The third kappa shape index (κ3) is 4.17. The van der Waals surface area contributed by atoms with Crippen LogP contribution in [0.4, 0.5) is 19.4 Å². The summed E-state index contributed by atoms with van der Waals surface area (Å²) >= 11 is 0. The van der Waals surface area contributed by atoms with Crippen LogP contribution in [0.5, 0.6) is 0 Å². The molecule has 0 unspecified atom stereocenters. The van der Waals surface area contributed by atoms with E-state index in [4.69, 9.17) is 16.5 Å². The molecule has 4 N–H and O–H groups in total. The molecule has 3 aromatic heterocycles. The molecule has 2 saturated heterocycles. The van der Waals surface area contributed by atoms with E-state index in [1.54, 1.807) is 17.0 Å². The minimum absolute atomic E-state index is 0.0496. The molecule has 1 aromatic carbocycles. The van der Waals surface area contributed by atoms with Crippen molar-refractivity contribution in [2.24, 2.45) is 5.73 Å². The molecule has 6 rings (SSSR count). The highest BCUT2D eigenvalue weighted by Crippen LogP contribution is 2.45. The highest BCUT2D eigenvalue weighted by Gasteiger charge is 2.44. The van der Waals surface area contributed by atoms with Gasteiger partial charge in [0.2, 0.25) is 0 Å². The summed E-state index contributed by atoms with van der Waals surface area (Å²) < 4.78 is 54.7. The van der Waals surface area contributed by atoms with Crippen molar-refractivity contribution < 1.29 is 22.0 Å². The molecule has 10 nitrogen and oxygen atoms in total. The number of nitrogens with two attached hydrogens (primary N) is 2. The van der Waals surface area contributed by atoms with Gasteiger partial charge in [0.25, 0.3) is 0 Å². The molecule has 3 atom stereocenters. The molecule has 2 aliphatic rings. The zero-order chi connectivity index (χ0) is 27.6. The fourth-order valence-corrected chi connectivity index (χ4v) is 7.11. The zero-order valence-corrected chi connectivity index (χ0v) is 21.7. The Hall–Kier alpha value is -4.13. The van der Waals surface area contributed by atoms with Gasteiger partial charge in [0.1, 0.15) is 22.3 Å². The van der Waals surface area contributed by atoms with Crippen molar-refractivity contribution in [1.82, 2.24) is 24.5 Å². The molecule has 4 aromatic rings. The number of nitrogen functional groups attached to an aromatic ring is 1. The summed E-state index contributed by atoms with van der Waals surface area (Å²) in [6.45, 7) is 0. The number of fused-ring (bicyclic) bond motifs is 3. The van der Waals surface area contributed by atoms with E-state index in [0.717, 1.165) is 31.2 Å². The molecule has 0 aliphatic carbocycles. The first kappa shape index (κ1) is 25.2. The van der Waals surface area contributed by atoms with Crippen LogP contribution in [0.1, 0.15) is 37.3 Å². The Morgan fingerprint density at radius 1 is 1.05 bits per heavy atom. The lowest BCUT2D eigenvalue weighted by Crippen LogP contribution is -2.48. The fourth-order valence-electron chi connectivity index (χ4n) is 6.05. The maximum absolute atomic E-state index is 14.3. The van der Waals surface area contributed by atoms with Gasteiger partial charge in [-0.05, 0) is 43.9 Å². The first-order valence-corrected chi connectivity index (χ1v) is 14.3. The van der Waals surface area contributed by atoms with Crippen LogP contribution in [0.2, 0.25) is 0 Å². The van der Waals surface area contributed by atoms with Gasteiger partial charge in [-0.2, -0.15) is 9.61 Å². The van der Waals surface area contributed by atoms with Gasteiger partial charge < -0.3 is 16.4 Å². The SMILES string of the molecule is CS(=O)(=O)c1c([C@H]2C[C@H]3CC[C@@H](C2)N3C(N)=O)nc2c(-c3ccc(-c4ccc(F)cc4F)nc3)cnn2c1N.